The topological polar surface area (TPSA) is 85.8 Å². The first-order chi connectivity index (χ1) is 16.2. The quantitative estimate of drug-likeness (QED) is 0.408. The van der Waals surface area contributed by atoms with Gasteiger partial charge in [-0.25, -0.2) is 4.68 Å². The number of carbonyl (C=O) groups excluding carboxylic acids is 1. The van der Waals surface area contributed by atoms with Gasteiger partial charge in [0.05, 0.1) is 11.4 Å². The van der Waals surface area contributed by atoms with Gasteiger partial charge < -0.3 is 9.73 Å². The molecule has 2 aromatic carbocycles. The van der Waals surface area contributed by atoms with Gasteiger partial charge in [0.15, 0.2) is 0 Å². The molecule has 0 fully saturated rings. The molecule has 7 heteroatoms. The molecule has 0 saturated carbocycles. The van der Waals surface area contributed by atoms with Gasteiger partial charge in [-0.3, -0.25) is 4.79 Å². The van der Waals surface area contributed by atoms with E-state index in [1.54, 1.807) is 6.92 Å². The van der Waals surface area contributed by atoms with Crippen molar-refractivity contribution in [3.8, 4) is 17.3 Å². The van der Waals surface area contributed by atoms with Gasteiger partial charge in [-0.1, -0.05) is 57.2 Å². The van der Waals surface area contributed by atoms with Crippen LogP contribution >= 0.6 is 0 Å². The summed E-state index contributed by atoms with van der Waals surface area (Å²) in [5, 5.41) is 15.9. The van der Waals surface area contributed by atoms with E-state index in [0.29, 0.717) is 23.0 Å². The molecule has 0 radical (unpaired) electrons. The molecular weight excluding hydrogens is 426 g/mol. The second-order valence-corrected chi connectivity index (χ2v) is 9.65. The number of aryl methyl sites for hydroxylation is 2. The highest BCUT2D eigenvalue weighted by atomic mass is 16.4. The van der Waals surface area contributed by atoms with Gasteiger partial charge in [0, 0.05) is 23.9 Å². The number of nitrogens with one attached hydrogen (secondary N) is 1. The van der Waals surface area contributed by atoms with Gasteiger partial charge in [0.25, 0.3) is 11.8 Å². The Hall–Kier alpha value is -3.74. The Labute approximate surface area is 200 Å². The summed E-state index contributed by atoms with van der Waals surface area (Å²) in [6.07, 6.45) is 1.79. The number of nitrogens with zero attached hydrogens (tertiary/aromatic N) is 4. The van der Waals surface area contributed by atoms with E-state index in [0.717, 1.165) is 24.2 Å². The Morgan fingerprint density at radius 2 is 1.82 bits per heavy atom. The van der Waals surface area contributed by atoms with E-state index in [1.165, 1.54) is 5.56 Å². The average molecular weight is 458 g/mol. The van der Waals surface area contributed by atoms with Gasteiger partial charge >= 0.3 is 0 Å². The lowest BCUT2D eigenvalue weighted by molar-refractivity contribution is 0.0938. The lowest BCUT2D eigenvalue weighted by Gasteiger charge is -2.20. The summed E-state index contributed by atoms with van der Waals surface area (Å²) in [7, 11) is 0. The van der Waals surface area contributed by atoms with Gasteiger partial charge in [0.1, 0.15) is 5.69 Å². The van der Waals surface area contributed by atoms with Crippen LogP contribution in [-0.2, 0) is 11.8 Å². The molecule has 1 amide bonds. The molecule has 0 unspecified atom stereocenters. The Morgan fingerprint density at radius 1 is 1.06 bits per heavy atom. The number of rotatable bonds is 7. The van der Waals surface area contributed by atoms with E-state index in [2.05, 4.69) is 48.4 Å². The van der Waals surface area contributed by atoms with Gasteiger partial charge in [-0.05, 0) is 49.6 Å². The van der Waals surface area contributed by atoms with E-state index in [1.807, 2.05) is 60.1 Å². The molecule has 0 spiro atoms. The minimum atomic E-state index is -0.190. The minimum absolute atomic E-state index is 0.0542. The maximum absolute atomic E-state index is 13.0. The van der Waals surface area contributed by atoms with Crippen LogP contribution in [0.4, 0.5) is 0 Å². The molecule has 1 N–H and O–H groups in total. The van der Waals surface area contributed by atoms with E-state index in [4.69, 9.17) is 9.52 Å². The molecule has 0 bridgehead atoms. The maximum atomic E-state index is 13.0. The SMILES string of the molecule is Cc1nnc(-c2cc(C(C)(C)C)n(-c3cccc(C(=O)N[C@H](C)CCc4ccccc4)c3)n2)o1. The fraction of sp³-hybridized carbons (Fsp3) is 0.333. The minimum Gasteiger partial charge on any atom is -0.420 e. The maximum Gasteiger partial charge on any atom is 0.268 e. The fourth-order valence-corrected chi connectivity index (χ4v) is 3.80. The van der Waals surface area contributed by atoms with Crippen LogP contribution in [0.5, 0.6) is 0 Å². The number of hydrogen-bond acceptors (Lipinski definition) is 5. The monoisotopic (exact) mass is 457 g/mol. The van der Waals surface area contributed by atoms with Crippen LogP contribution in [0.1, 0.15) is 61.6 Å². The molecule has 0 aliphatic heterocycles. The number of aromatic nitrogens is 4. The van der Waals surface area contributed by atoms with Gasteiger partial charge in [-0.15, -0.1) is 10.2 Å². The second-order valence-electron chi connectivity index (χ2n) is 9.65. The summed E-state index contributed by atoms with van der Waals surface area (Å²) in [4.78, 5) is 13.0. The lowest BCUT2D eigenvalue weighted by Crippen LogP contribution is -2.33. The van der Waals surface area contributed by atoms with E-state index >= 15 is 0 Å². The van der Waals surface area contributed by atoms with E-state index in [-0.39, 0.29) is 17.4 Å². The first-order valence-corrected chi connectivity index (χ1v) is 11.6. The lowest BCUT2D eigenvalue weighted by atomic mass is 9.91. The van der Waals surface area contributed by atoms with Gasteiger partial charge in [0.2, 0.25) is 5.89 Å². The molecule has 0 aliphatic carbocycles. The van der Waals surface area contributed by atoms with Crippen molar-refractivity contribution in [2.24, 2.45) is 0 Å². The molecule has 7 nitrogen and oxygen atoms in total. The van der Waals surface area contributed by atoms with Crippen molar-refractivity contribution in [3.05, 3.63) is 83.4 Å². The molecule has 0 saturated heterocycles. The van der Waals surface area contributed by atoms with Crippen LogP contribution in [0, 0.1) is 6.92 Å². The summed E-state index contributed by atoms with van der Waals surface area (Å²) in [6, 6.07) is 19.8. The number of amides is 1. The summed E-state index contributed by atoms with van der Waals surface area (Å²) in [5.74, 6) is 0.768. The smallest absolute Gasteiger partial charge is 0.268 e. The molecule has 2 heterocycles. The molecule has 34 heavy (non-hydrogen) atoms. The number of benzene rings is 2. The summed E-state index contributed by atoms with van der Waals surface area (Å²) < 4.78 is 7.44. The normalized spacial score (nSPS) is 12.5. The fourth-order valence-electron chi connectivity index (χ4n) is 3.80. The third kappa shape index (κ3) is 5.42. The van der Waals surface area contributed by atoms with Crippen molar-refractivity contribution in [1.29, 1.82) is 0 Å². The molecule has 1 atom stereocenters. The van der Waals surface area contributed by atoms with Crippen LogP contribution in [0.25, 0.3) is 17.3 Å². The first-order valence-electron chi connectivity index (χ1n) is 11.6. The standard InChI is InChI=1S/C27H31N5O2/c1-18(14-15-20-10-7-6-8-11-20)28-25(33)21-12-9-13-22(16-21)32-24(27(3,4)5)17-23(31-32)26-30-29-19(2)34-26/h6-13,16-18H,14-15H2,1-5H3,(H,28,33)/t18-/m1/s1. The largest absolute Gasteiger partial charge is 0.420 e. The summed E-state index contributed by atoms with van der Waals surface area (Å²) >= 11 is 0. The van der Waals surface area contributed by atoms with Crippen molar-refractivity contribution in [2.45, 2.75) is 58.9 Å². The number of hydrogen-bond donors (Lipinski definition) is 1. The predicted molar refractivity (Wildman–Crippen MR) is 132 cm³/mol. The third-order valence-electron chi connectivity index (χ3n) is 5.66. The Bertz CT molecular complexity index is 1270. The zero-order chi connectivity index (χ0) is 24.3. The van der Waals surface area contributed by atoms with Crippen molar-refractivity contribution < 1.29 is 9.21 Å². The zero-order valence-corrected chi connectivity index (χ0v) is 20.4. The van der Waals surface area contributed by atoms with Crippen LogP contribution in [-0.4, -0.2) is 31.9 Å². The molecule has 0 aliphatic rings. The van der Waals surface area contributed by atoms with Crippen molar-refractivity contribution in [3.63, 3.8) is 0 Å². The Kier molecular flexibility index (Phi) is 6.63. The molecular formula is C27H31N5O2. The second kappa shape index (κ2) is 9.63. The zero-order valence-electron chi connectivity index (χ0n) is 20.4. The highest BCUT2D eigenvalue weighted by Crippen LogP contribution is 2.29. The molecule has 176 valence electrons. The van der Waals surface area contributed by atoms with Crippen molar-refractivity contribution in [1.82, 2.24) is 25.3 Å². The highest BCUT2D eigenvalue weighted by Gasteiger charge is 2.24. The Morgan fingerprint density at radius 3 is 2.50 bits per heavy atom. The summed E-state index contributed by atoms with van der Waals surface area (Å²) in [6.45, 7) is 10.1. The van der Waals surface area contributed by atoms with E-state index in [9.17, 15) is 4.79 Å². The predicted octanol–water partition coefficient (Wildman–Crippen LogP) is 5.28. The van der Waals surface area contributed by atoms with Crippen LogP contribution in [0.15, 0.2) is 65.1 Å². The Balaban J connectivity index is 1.54. The average Bonchev–Trinajstić information content (AvgIpc) is 3.45. The van der Waals surface area contributed by atoms with Crippen molar-refractivity contribution in [2.75, 3.05) is 0 Å². The molecule has 4 rings (SSSR count). The number of carbonyl (C=O) groups is 1. The van der Waals surface area contributed by atoms with Gasteiger partial charge in [-0.2, -0.15) is 5.10 Å². The highest BCUT2D eigenvalue weighted by molar-refractivity contribution is 5.94. The van der Waals surface area contributed by atoms with E-state index < -0.39 is 0 Å². The third-order valence-corrected chi connectivity index (χ3v) is 5.66. The molecule has 4 aromatic rings. The van der Waals surface area contributed by atoms with Crippen LogP contribution < -0.4 is 5.32 Å². The van der Waals surface area contributed by atoms with Crippen LogP contribution in [0.3, 0.4) is 0 Å². The molecule has 2 aromatic heterocycles. The summed E-state index contributed by atoms with van der Waals surface area (Å²) in [5.41, 5.74) is 4.06. The van der Waals surface area contributed by atoms with Crippen LogP contribution in [0.2, 0.25) is 0 Å². The van der Waals surface area contributed by atoms with Crippen molar-refractivity contribution >= 4 is 5.91 Å². The first kappa shape index (κ1) is 23.4.